The number of nitrogens with one attached hydrogen (secondary N) is 1. The molecule has 3 N–H and O–H groups in total. The van der Waals surface area contributed by atoms with E-state index in [4.69, 9.17) is 11.0 Å². The van der Waals surface area contributed by atoms with Crippen molar-refractivity contribution in [3.63, 3.8) is 0 Å². The standard InChI is InChI=1S/C12H14N4O3/c1-2-3-9(14)12(17)15-10-5-4-8(7-13)6-11(10)16(18)19/h4-6,9H,2-3,14H2,1H3,(H,15,17)/t9-/m0/s1. The van der Waals surface area contributed by atoms with E-state index in [1.165, 1.54) is 12.1 Å². The molecular formula is C12H14N4O3. The van der Waals surface area contributed by atoms with Crippen molar-refractivity contribution in [3.8, 4) is 6.07 Å². The molecule has 0 saturated heterocycles. The predicted octanol–water partition coefficient (Wildman–Crippen LogP) is 1.53. The Balaban J connectivity index is 2.98. The molecule has 100 valence electrons. The van der Waals surface area contributed by atoms with Gasteiger partial charge >= 0.3 is 0 Å². The molecule has 0 unspecified atom stereocenters. The Morgan fingerprint density at radius 1 is 1.63 bits per heavy atom. The van der Waals surface area contributed by atoms with Gasteiger partial charge < -0.3 is 11.1 Å². The van der Waals surface area contributed by atoms with Crippen LogP contribution in [0.5, 0.6) is 0 Å². The summed E-state index contributed by atoms with van der Waals surface area (Å²) in [6.45, 7) is 1.89. The second-order valence-electron chi connectivity index (χ2n) is 3.99. The quantitative estimate of drug-likeness (QED) is 0.615. The molecule has 0 aliphatic rings. The second kappa shape index (κ2) is 6.47. The van der Waals surface area contributed by atoms with E-state index in [2.05, 4.69) is 5.32 Å². The van der Waals surface area contributed by atoms with Crippen LogP contribution >= 0.6 is 0 Å². The third-order valence-corrected chi connectivity index (χ3v) is 2.52. The number of nitro groups is 1. The van der Waals surface area contributed by atoms with Crippen molar-refractivity contribution in [1.82, 2.24) is 0 Å². The highest BCUT2D eigenvalue weighted by Crippen LogP contribution is 2.25. The molecule has 0 heterocycles. The zero-order valence-electron chi connectivity index (χ0n) is 10.4. The minimum Gasteiger partial charge on any atom is -0.320 e. The normalized spacial score (nSPS) is 11.4. The van der Waals surface area contributed by atoms with Crippen molar-refractivity contribution < 1.29 is 9.72 Å². The molecule has 1 aromatic carbocycles. The zero-order valence-corrected chi connectivity index (χ0v) is 10.4. The lowest BCUT2D eigenvalue weighted by Gasteiger charge is -2.11. The van der Waals surface area contributed by atoms with Gasteiger partial charge in [-0.2, -0.15) is 5.26 Å². The Kier molecular flexibility index (Phi) is 4.97. The van der Waals surface area contributed by atoms with Crippen molar-refractivity contribution in [1.29, 1.82) is 5.26 Å². The molecular weight excluding hydrogens is 248 g/mol. The molecule has 1 amide bonds. The van der Waals surface area contributed by atoms with Gasteiger partial charge in [0.1, 0.15) is 5.69 Å². The Hall–Kier alpha value is -2.46. The maximum atomic E-state index is 11.7. The monoisotopic (exact) mass is 262 g/mol. The Bertz CT molecular complexity index is 536. The van der Waals surface area contributed by atoms with Crippen LogP contribution in [0.15, 0.2) is 18.2 Å². The third kappa shape index (κ3) is 3.76. The maximum absolute atomic E-state index is 11.7. The van der Waals surface area contributed by atoms with Gasteiger partial charge in [0.2, 0.25) is 5.91 Å². The van der Waals surface area contributed by atoms with Crippen molar-refractivity contribution in [2.24, 2.45) is 5.73 Å². The van der Waals surface area contributed by atoms with Crippen LogP contribution in [0.3, 0.4) is 0 Å². The SMILES string of the molecule is CCC[C@H](N)C(=O)Nc1ccc(C#N)cc1[N+](=O)[O-]. The largest absolute Gasteiger partial charge is 0.320 e. The number of hydrogen-bond donors (Lipinski definition) is 2. The molecule has 1 atom stereocenters. The van der Waals surface area contributed by atoms with Gasteiger partial charge in [0.25, 0.3) is 5.69 Å². The molecule has 0 fully saturated rings. The number of nitrogens with two attached hydrogens (primary N) is 1. The number of nitriles is 1. The van der Waals surface area contributed by atoms with E-state index < -0.39 is 16.9 Å². The molecule has 0 saturated carbocycles. The van der Waals surface area contributed by atoms with Crippen LogP contribution in [-0.2, 0) is 4.79 Å². The summed E-state index contributed by atoms with van der Waals surface area (Å²) in [4.78, 5) is 21.9. The van der Waals surface area contributed by atoms with Gasteiger partial charge in [-0.1, -0.05) is 13.3 Å². The smallest absolute Gasteiger partial charge is 0.294 e. The molecule has 0 bridgehead atoms. The highest BCUT2D eigenvalue weighted by Gasteiger charge is 2.19. The number of amides is 1. The van der Waals surface area contributed by atoms with Gasteiger partial charge in [-0.05, 0) is 18.6 Å². The van der Waals surface area contributed by atoms with Crippen LogP contribution in [0.1, 0.15) is 25.3 Å². The summed E-state index contributed by atoms with van der Waals surface area (Å²) in [7, 11) is 0. The highest BCUT2D eigenvalue weighted by molar-refractivity contribution is 5.96. The fourth-order valence-electron chi connectivity index (χ4n) is 1.53. The Morgan fingerprint density at radius 2 is 2.32 bits per heavy atom. The van der Waals surface area contributed by atoms with Gasteiger partial charge in [0, 0.05) is 6.07 Å². The van der Waals surface area contributed by atoms with E-state index >= 15 is 0 Å². The molecule has 0 aliphatic heterocycles. The number of benzene rings is 1. The van der Waals surface area contributed by atoms with Crippen molar-refractivity contribution in [2.75, 3.05) is 5.32 Å². The molecule has 0 aliphatic carbocycles. The third-order valence-electron chi connectivity index (χ3n) is 2.52. The summed E-state index contributed by atoms with van der Waals surface area (Å²) in [5.74, 6) is -0.477. The van der Waals surface area contributed by atoms with Crippen molar-refractivity contribution in [3.05, 3.63) is 33.9 Å². The van der Waals surface area contributed by atoms with Crippen LogP contribution in [0.25, 0.3) is 0 Å². The Morgan fingerprint density at radius 3 is 2.84 bits per heavy atom. The van der Waals surface area contributed by atoms with E-state index in [1.54, 1.807) is 6.07 Å². The lowest BCUT2D eigenvalue weighted by Crippen LogP contribution is -2.35. The van der Waals surface area contributed by atoms with Crippen LogP contribution in [0.2, 0.25) is 0 Å². The molecule has 7 heteroatoms. The van der Waals surface area contributed by atoms with Crippen molar-refractivity contribution in [2.45, 2.75) is 25.8 Å². The topological polar surface area (TPSA) is 122 Å². The lowest BCUT2D eigenvalue weighted by molar-refractivity contribution is -0.383. The summed E-state index contributed by atoms with van der Waals surface area (Å²) >= 11 is 0. The molecule has 7 nitrogen and oxygen atoms in total. The van der Waals surface area contributed by atoms with E-state index in [1.807, 2.05) is 6.92 Å². The number of nitro benzene ring substituents is 1. The first kappa shape index (κ1) is 14.6. The number of carbonyl (C=O) groups excluding carboxylic acids is 1. The first-order valence-corrected chi connectivity index (χ1v) is 5.74. The molecule has 1 aromatic rings. The predicted molar refractivity (Wildman–Crippen MR) is 69.3 cm³/mol. The zero-order chi connectivity index (χ0) is 14.4. The molecule has 19 heavy (non-hydrogen) atoms. The van der Waals surface area contributed by atoms with E-state index in [-0.39, 0.29) is 16.9 Å². The molecule has 0 radical (unpaired) electrons. The Labute approximate surface area is 110 Å². The van der Waals surface area contributed by atoms with E-state index in [0.717, 1.165) is 12.5 Å². The van der Waals surface area contributed by atoms with Crippen LogP contribution in [0.4, 0.5) is 11.4 Å². The number of carbonyl (C=O) groups is 1. The number of rotatable bonds is 5. The van der Waals surface area contributed by atoms with Crippen LogP contribution < -0.4 is 11.1 Å². The minimum absolute atomic E-state index is 0.0422. The highest BCUT2D eigenvalue weighted by atomic mass is 16.6. The summed E-state index contributed by atoms with van der Waals surface area (Å²) < 4.78 is 0. The summed E-state index contributed by atoms with van der Waals surface area (Å²) in [6.07, 6.45) is 1.24. The number of anilines is 1. The molecule has 0 aromatic heterocycles. The summed E-state index contributed by atoms with van der Waals surface area (Å²) in [5, 5.41) is 22.0. The maximum Gasteiger partial charge on any atom is 0.294 e. The van der Waals surface area contributed by atoms with E-state index in [0.29, 0.717) is 6.42 Å². The second-order valence-corrected chi connectivity index (χ2v) is 3.99. The summed E-state index contributed by atoms with van der Waals surface area (Å²) in [5.41, 5.74) is 5.50. The van der Waals surface area contributed by atoms with Crippen LogP contribution in [0, 0.1) is 21.4 Å². The first-order valence-electron chi connectivity index (χ1n) is 5.74. The average Bonchev–Trinajstić information content (AvgIpc) is 2.39. The number of nitrogens with zero attached hydrogens (tertiary/aromatic N) is 2. The fraction of sp³-hybridized carbons (Fsp3) is 0.333. The fourth-order valence-corrected chi connectivity index (χ4v) is 1.53. The van der Waals surface area contributed by atoms with Crippen LogP contribution in [-0.4, -0.2) is 16.9 Å². The van der Waals surface area contributed by atoms with Gasteiger partial charge in [0.05, 0.1) is 22.6 Å². The number of hydrogen-bond acceptors (Lipinski definition) is 5. The van der Waals surface area contributed by atoms with Gasteiger partial charge in [-0.3, -0.25) is 14.9 Å². The average molecular weight is 262 g/mol. The van der Waals surface area contributed by atoms with Crippen molar-refractivity contribution >= 4 is 17.3 Å². The van der Waals surface area contributed by atoms with Gasteiger partial charge in [0.15, 0.2) is 0 Å². The van der Waals surface area contributed by atoms with Gasteiger partial charge in [-0.15, -0.1) is 0 Å². The molecule has 1 rings (SSSR count). The molecule has 0 spiro atoms. The lowest BCUT2D eigenvalue weighted by atomic mass is 10.1. The minimum atomic E-state index is -0.708. The van der Waals surface area contributed by atoms with E-state index in [9.17, 15) is 14.9 Å². The summed E-state index contributed by atoms with van der Waals surface area (Å²) in [6, 6.07) is 4.93. The first-order chi connectivity index (χ1) is 8.99. The van der Waals surface area contributed by atoms with Gasteiger partial charge in [-0.25, -0.2) is 0 Å².